The molecule has 5 nitrogen and oxygen atoms in total. The van der Waals surface area contributed by atoms with Gasteiger partial charge in [-0.25, -0.2) is 0 Å². The molecule has 0 radical (unpaired) electrons. The Morgan fingerprint density at radius 2 is 2.14 bits per heavy atom. The molecule has 110 valence electrons. The molecule has 0 unspecified atom stereocenters. The average molecular weight is 306 g/mol. The monoisotopic (exact) mass is 305 g/mol. The molecule has 1 aromatic heterocycles. The summed E-state index contributed by atoms with van der Waals surface area (Å²) in [5, 5.41) is 4.56. The molecule has 0 N–H and O–H groups in total. The highest BCUT2D eigenvalue weighted by atomic mass is 35.5. The lowest BCUT2D eigenvalue weighted by molar-refractivity contribution is -0.130. The van der Waals surface area contributed by atoms with Crippen molar-refractivity contribution in [2.45, 2.75) is 25.7 Å². The van der Waals surface area contributed by atoms with Gasteiger partial charge in [0, 0.05) is 36.5 Å². The van der Waals surface area contributed by atoms with Gasteiger partial charge in [0.15, 0.2) is 0 Å². The van der Waals surface area contributed by atoms with Crippen LogP contribution in [0.4, 0.5) is 0 Å². The molecular weight excluding hydrogens is 290 g/mol. The lowest BCUT2D eigenvalue weighted by atomic mass is 10.2. The Bertz CT molecular complexity index is 635. The second kappa shape index (κ2) is 6.26. The van der Waals surface area contributed by atoms with Gasteiger partial charge in [0.05, 0.1) is 0 Å². The summed E-state index contributed by atoms with van der Waals surface area (Å²) < 4.78 is 5.20. The van der Waals surface area contributed by atoms with Gasteiger partial charge in [-0.3, -0.25) is 4.79 Å². The third-order valence-corrected chi connectivity index (χ3v) is 3.80. The third kappa shape index (κ3) is 3.42. The summed E-state index contributed by atoms with van der Waals surface area (Å²) in [6.45, 7) is 1.74. The van der Waals surface area contributed by atoms with Gasteiger partial charge in [-0.1, -0.05) is 28.9 Å². The van der Waals surface area contributed by atoms with E-state index in [9.17, 15) is 4.79 Å². The van der Waals surface area contributed by atoms with E-state index in [4.69, 9.17) is 16.1 Å². The number of amides is 1. The summed E-state index contributed by atoms with van der Waals surface area (Å²) in [7, 11) is 0. The maximum Gasteiger partial charge on any atom is 0.227 e. The molecule has 1 aromatic carbocycles. The van der Waals surface area contributed by atoms with Crippen LogP contribution in [0.25, 0.3) is 11.4 Å². The van der Waals surface area contributed by atoms with Gasteiger partial charge in [0.2, 0.25) is 17.6 Å². The zero-order valence-corrected chi connectivity index (χ0v) is 12.3. The van der Waals surface area contributed by atoms with Crippen LogP contribution >= 0.6 is 11.6 Å². The average Bonchev–Trinajstić information content (AvgIpc) is 3.16. The number of halogens is 1. The topological polar surface area (TPSA) is 59.2 Å². The number of carbonyl (C=O) groups is 1. The van der Waals surface area contributed by atoms with E-state index in [0.717, 1.165) is 31.5 Å². The predicted molar refractivity (Wildman–Crippen MR) is 78.9 cm³/mol. The Labute approximate surface area is 127 Å². The maximum absolute atomic E-state index is 12.0. The summed E-state index contributed by atoms with van der Waals surface area (Å²) in [5.74, 6) is 1.15. The van der Waals surface area contributed by atoms with Crippen molar-refractivity contribution >= 4 is 17.5 Å². The number of nitrogens with zero attached hydrogens (tertiary/aromatic N) is 3. The van der Waals surface area contributed by atoms with E-state index in [0.29, 0.717) is 29.6 Å². The molecular formula is C15H16ClN3O2. The first-order valence-electron chi connectivity index (χ1n) is 7.09. The van der Waals surface area contributed by atoms with Crippen LogP contribution in [-0.4, -0.2) is 34.0 Å². The minimum Gasteiger partial charge on any atom is -0.343 e. The lowest BCUT2D eigenvalue weighted by Gasteiger charge is -2.13. The summed E-state index contributed by atoms with van der Waals surface area (Å²) in [4.78, 5) is 18.2. The molecule has 0 spiro atoms. The molecule has 0 saturated carbocycles. The van der Waals surface area contributed by atoms with Crippen molar-refractivity contribution in [1.29, 1.82) is 0 Å². The standard InChI is InChI=1S/C15H16ClN3O2/c16-12-5-3-4-11(10-12)15-17-13(21-18-15)6-7-14(20)19-8-1-2-9-19/h3-5,10H,1-2,6-9H2. The van der Waals surface area contributed by atoms with Crippen molar-refractivity contribution in [3.8, 4) is 11.4 Å². The summed E-state index contributed by atoms with van der Waals surface area (Å²) in [6, 6.07) is 7.28. The number of carbonyl (C=O) groups excluding carboxylic acids is 1. The van der Waals surface area contributed by atoms with Crippen molar-refractivity contribution in [2.24, 2.45) is 0 Å². The lowest BCUT2D eigenvalue weighted by Crippen LogP contribution is -2.27. The smallest absolute Gasteiger partial charge is 0.227 e. The Kier molecular flexibility index (Phi) is 4.20. The molecule has 21 heavy (non-hydrogen) atoms. The van der Waals surface area contributed by atoms with Crippen LogP contribution < -0.4 is 0 Å². The van der Waals surface area contributed by atoms with Gasteiger partial charge in [-0.15, -0.1) is 0 Å². The van der Waals surface area contributed by atoms with Gasteiger partial charge >= 0.3 is 0 Å². The molecule has 0 bridgehead atoms. The molecule has 0 aliphatic carbocycles. The van der Waals surface area contributed by atoms with Crippen LogP contribution in [0, 0.1) is 0 Å². The highest BCUT2D eigenvalue weighted by molar-refractivity contribution is 6.30. The quantitative estimate of drug-likeness (QED) is 0.871. The van der Waals surface area contributed by atoms with Gasteiger partial charge in [0.1, 0.15) is 0 Å². The SMILES string of the molecule is O=C(CCc1nc(-c2cccc(Cl)c2)no1)N1CCCC1. The molecule has 1 aliphatic heterocycles. The Balaban J connectivity index is 1.61. The summed E-state index contributed by atoms with van der Waals surface area (Å²) in [6.07, 6.45) is 3.09. The number of hydrogen-bond donors (Lipinski definition) is 0. The Hall–Kier alpha value is -1.88. The van der Waals surface area contributed by atoms with E-state index in [-0.39, 0.29) is 5.91 Å². The van der Waals surface area contributed by atoms with Crippen molar-refractivity contribution < 1.29 is 9.32 Å². The fourth-order valence-corrected chi connectivity index (χ4v) is 2.63. The summed E-state index contributed by atoms with van der Waals surface area (Å²) in [5.41, 5.74) is 0.809. The number of hydrogen-bond acceptors (Lipinski definition) is 4. The van der Waals surface area contributed by atoms with Gasteiger partial charge in [0.25, 0.3) is 0 Å². The molecule has 1 saturated heterocycles. The van der Waals surface area contributed by atoms with Crippen molar-refractivity contribution in [3.63, 3.8) is 0 Å². The van der Waals surface area contributed by atoms with Crippen LogP contribution in [-0.2, 0) is 11.2 Å². The second-order valence-electron chi connectivity index (χ2n) is 5.11. The van der Waals surface area contributed by atoms with Crippen LogP contribution in [0.15, 0.2) is 28.8 Å². The van der Waals surface area contributed by atoms with E-state index in [1.807, 2.05) is 17.0 Å². The van der Waals surface area contributed by atoms with Gasteiger partial charge in [-0.2, -0.15) is 4.98 Å². The fraction of sp³-hybridized carbons (Fsp3) is 0.400. The fourth-order valence-electron chi connectivity index (χ4n) is 2.44. The van der Waals surface area contributed by atoms with Crippen LogP contribution in [0.1, 0.15) is 25.2 Å². The Morgan fingerprint density at radius 3 is 2.90 bits per heavy atom. The molecule has 0 atom stereocenters. The highest BCUT2D eigenvalue weighted by Gasteiger charge is 2.18. The minimum absolute atomic E-state index is 0.162. The van der Waals surface area contributed by atoms with Crippen molar-refractivity contribution in [3.05, 3.63) is 35.2 Å². The van der Waals surface area contributed by atoms with Crippen LogP contribution in [0.3, 0.4) is 0 Å². The van der Waals surface area contributed by atoms with Gasteiger partial charge in [-0.05, 0) is 25.0 Å². The van der Waals surface area contributed by atoms with E-state index in [2.05, 4.69) is 10.1 Å². The minimum atomic E-state index is 0.162. The second-order valence-corrected chi connectivity index (χ2v) is 5.55. The maximum atomic E-state index is 12.0. The molecule has 2 heterocycles. The first-order valence-corrected chi connectivity index (χ1v) is 7.46. The third-order valence-electron chi connectivity index (χ3n) is 3.56. The molecule has 3 rings (SSSR count). The first-order chi connectivity index (χ1) is 10.2. The van der Waals surface area contributed by atoms with Gasteiger partial charge < -0.3 is 9.42 Å². The van der Waals surface area contributed by atoms with E-state index in [1.54, 1.807) is 12.1 Å². The largest absolute Gasteiger partial charge is 0.343 e. The number of likely N-dealkylation sites (tertiary alicyclic amines) is 1. The molecule has 1 amide bonds. The predicted octanol–water partition coefficient (Wildman–Crippen LogP) is 2.95. The van der Waals surface area contributed by atoms with Crippen molar-refractivity contribution in [1.82, 2.24) is 15.0 Å². The van der Waals surface area contributed by atoms with E-state index >= 15 is 0 Å². The number of aromatic nitrogens is 2. The highest BCUT2D eigenvalue weighted by Crippen LogP contribution is 2.20. The summed E-state index contributed by atoms with van der Waals surface area (Å²) >= 11 is 5.94. The van der Waals surface area contributed by atoms with E-state index < -0.39 is 0 Å². The number of benzene rings is 1. The van der Waals surface area contributed by atoms with Crippen LogP contribution in [0.2, 0.25) is 5.02 Å². The van der Waals surface area contributed by atoms with Crippen molar-refractivity contribution in [2.75, 3.05) is 13.1 Å². The van der Waals surface area contributed by atoms with Crippen LogP contribution in [0.5, 0.6) is 0 Å². The van der Waals surface area contributed by atoms with E-state index in [1.165, 1.54) is 0 Å². The Morgan fingerprint density at radius 1 is 1.33 bits per heavy atom. The molecule has 1 fully saturated rings. The first kappa shape index (κ1) is 14.1. The molecule has 2 aromatic rings. The zero-order valence-electron chi connectivity index (χ0n) is 11.6. The zero-order chi connectivity index (χ0) is 14.7. The molecule has 6 heteroatoms. The number of rotatable bonds is 4. The molecule has 1 aliphatic rings. The number of aryl methyl sites for hydroxylation is 1. The normalized spacial score (nSPS) is 14.6.